The molecule has 0 saturated heterocycles. The van der Waals surface area contributed by atoms with Crippen LogP contribution in [0.15, 0.2) is 48.8 Å². The summed E-state index contributed by atoms with van der Waals surface area (Å²) in [6.45, 7) is 0. The Bertz CT molecular complexity index is 535. The minimum atomic E-state index is 0.303. The standard InChI is InChI=1S/C17H19NO2/c1-20-17-8-4-14(5-9-17)2-6-16(19)7-3-15-10-12-18-13-11-15/h4-5,8-13H,2-3,6-7H2,1H3. The van der Waals surface area contributed by atoms with E-state index >= 15 is 0 Å². The number of aryl methyl sites for hydroxylation is 2. The van der Waals surface area contributed by atoms with E-state index in [2.05, 4.69) is 4.98 Å². The molecule has 0 spiro atoms. The van der Waals surface area contributed by atoms with Gasteiger partial charge in [0.1, 0.15) is 11.5 Å². The van der Waals surface area contributed by atoms with Crippen molar-refractivity contribution in [1.29, 1.82) is 0 Å². The number of benzene rings is 1. The predicted molar refractivity (Wildman–Crippen MR) is 78.9 cm³/mol. The van der Waals surface area contributed by atoms with Crippen LogP contribution in [-0.4, -0.2) is 17.9 Å². The fraction of sp³-hybridized carbons (Fsp3) is 0.294. The molecule has 0 unspecified atom stereocenters. The zero-order chi connectivity index (χ0) is 14.2. The summed E-state index contributed by atoms with van der Waals surface area (Å²) in [6.07, 6.45) is 6.30. The van der Waals surface area contributed by atoms with Crippen molar-refractivity contribution in [3.05, 3.63) is 59.9 Å². The average Bonchev–Trinajstić information content (AvgIpc) is 2.52. The van der Waals surface area contributed by atoms with Crippen molar-refractivity contribution < 1.29 is 9.53 Å². The van der Waals surface area contributed by atoms with Gasteiger partial charge in [0.15, 0.2) is 0 Å². The van der Waals surface area contributed by atoms with Gasteiger partial charge < -0.3 is 4.74 Å². The minimum absolute atomic E-state index is 0.303. The molecule has 0 saturated carbocycles. The van der Waals surface area contributed by atoms with Gasteiger partial charge in [-0.2, -0.15) is 0 Å². The van der Waals surface area contributed by atoms with Crippen molar-refractivity contribution in [2.75, 3.05) is 7.11 Å². The van der Waals surface area contributed by atoms with Gasteiger partial charge in [0, 0.05) is 25.2 Å². The van der Waals surface area contributed by atoms with E-state index < -0.39 is 0 Å². The van der Waals surface area contributed by atoms with Crippen LogP contribution in [-0.2, 0) is 17.6 Å². The number of hydrogen-bond acceptors (Lipinski definition) is 3. The number of hydrogen-bond donors (Lipinski definition) is 0. The summed E-state index contributed by atoms with van der Waals surface area (Å²) >= 11 is 0. The van der Waals surface area contributed by atoms with Crippen LogP contribution < -0.4 is 4.74 Å². The molecular weight excluding hydrogens is 250 g/mol. The number of ketones is 1. The number of aromatic nitrogens is 1. The molecule has 0 radical (unpaired) electrons. The van der Waals surface area contributed by atoms with Gasteiger partial charge in [0.25, 0.3) is 0 Å². The molecule has 20 heavy (non-hydrogen) atoms. The van der Waals surface area contributed by atoms with Gasteiger partial charge in [-0.3, -0.25) is 9.78 Å². The van der Waals surface area contributed by atoms with Gasteiger partial charge in [-0.25, -0.2) is 0 Å². The first-order valence-electron chi connectivity index (χ1n) is 6.81. The highest BCUT2D eigenvalue weighted by Crippen LogP contribution is 2.13. The zero-order valence-electron chi connectivity index (χ0n) is 11.7. The fourth-order valence-electron chi connectivity index (χ4n) is 2.03. The zero-order valence-corrected chi connectivity index (χ0v) is 11.7. The first kappa shape index (κ1) is 14.3. The van der Waals surface area contributed by atoms with E-state index in [-0.39, 0.29) is 0 Å². The third-order valence-corrected chi connectivity index (χ3v) is 3.29. The maximum Gasteiger partial charge on any atom is 0.133 e. The van der Waals surface area contributed by atoms with Crippen molar-refractivity contribution in [3.63, 3.8) is 0 Å². The number of carbonyl (C=O) groups is 1. The second kappa shape index (κ2) is 7.43. The van der Waals surface area contributed by atoms with Crippen molar-refractivity contribution in [3.8, 4) is 5.75 Å². The Morgan fingerprint density at radius 1 is 0.950 bits per heavy atom. The molecule has 1 aromatic carbocycles. The average molecular weight is 269 g/mol. The molecule has 2 rings (SSSR count). The molecule has 104 valence electrons. The van der Waals surface area contributed by atoms with Gasteiger partial charge in [-0.15, -0.1) is 0 Å². The first-order chi connectivity index (χ1) is 9.78. The third-order valence-electron chi connectivity index (χ3n) is 3.29. The lowest BCUT2D eigenvalue weighted by atomic mass is 10.0. The number of pyridine rings is 1. The number of methoxy groups -OCH3 is 1. The Balaban J connectivity index is 1.74. The highest BCUT2D eigenvalue weighted by atomic mass is 16.5. The van der Waals surface area contributed by atoms with Gasteiger partial charge in [0.05, 0.1) is 7.11 Å². The molecule has 1 aromatic heterocycles. The maximum atomic E-state index is 11.9. The van der Waals surface area contributed by atoms with E-state index in [1.807, 2.05) is 36.4 Å². The van der Waals surface area contributed by atoms with Crippen LogP contribution in [0.1, 0.15) is 24.0 Å². The Labute approximate surface area is 119 Å². The largest absolute Gasteiger partial charge is 0.497 e. The quantitative estimate of drug-likeness (QED) is 0.774. The Morgan fingerprint density at radius 2 is 1.50 bits per heavy atom. The number of ether oxygens (including phenoxy) is 1. The minimum Gasteiger partial charge on any atom is -0.497 e. The van der Waals surface area contributed by atoms with Crippen molar-refractivity contribution in [1.82, 2.24) is 4.98 Å². The highest BCUT2D eigenvalue weighted by molar-refractivity contribution is 5.78. The van der Waals surface area contributed by atoms with Crippen molar-refractivity contribution >= 4 is 5.78 Å². The molecule has 3 nitrogen and oxygen atoms in total. The SMILES string of the molecule is COc1ccc(CCC(=O)CCc2ccncc2)cc1. The maximum absolute atomic E-state index is 11.9. The Kier molecular flexibility index (Phi) is 5.30. The second-order valence-electron chi connectivity index (χ2n) is 4.74. The summed E-state index contributed by atoms with van der Waals surface area (Å²) < 4.78 is 5.11. The molecule has 0 bridgehead atoms. The predicted octanol–water partition coefficient (Wildman–Crippen LogP) is 3.22. The van der Waals surface area contributed by atoms with Crippen LogP contribution >= 0.6 is 0 Å². The summed E-state index contributed by atoms with van der Waals surface area (Å²) in [5.41, 5.74) is 2.33. The van der Waals surface area contributed by atoms with Gasteiger partial charge in [0.2, 0.25) is 0 Å². The number of carbonyl (C=O) groups excluding carboxylic acids is 1. The van der Waals surface area contributed by atoms with Crippen molar-refractivity contribution in [2.24, 2.45) is 0 Å². The van der Waals surface area contributed by atoms with E-state index in [0.717, 1.165) is 24.2 Å². The molecule has 0 fully saturated rings. The lowest BCUT2D eigenvalue weighted by molar-refractivity contribution is -0.119. The van der Waals surface area contributed by atoms with Crippen molar-refractivity contribution in [2.45, 2.75) is 25.7 Å². The monoisotopic (exact) mass is 269 g/mol. The topological polar surface area (TPSA) is 39.2 Å². The normalized spacial score (nSPS) is 10.2. The first-order valence-corrected chi connectivity index (χ1v) is 6.81. The molecule has 0 N–H and O–H groups in total. The molecule has 1 heterocycles. The summed E-state index contributed by atoms with van der Waals surface area (Å²) in [5, 5.41) is 0. The van der Waals surface area contributed by atoms with Gasteiger partial charge in [-0.05, 0) is 48.2 Å². The third kappa shape index (κ3) is 4.50. The molecule has 0 amide bonds. The second-order valence-corrected chi connectivity index (χ2v) is 4.74. The molecule has 3 heteroatoms. The fourth-order valence-corrected chi connectivity index (χ4v) is 2.03. The van der Waals surface area contributed by atoms with Crippen LogP contribution in [0.2, 0.25) is 0 Å². The van der Waals surface area contributed by atoms with Crippen LogP contribution in [0.4, 0.5) is 0 Å². The lowest BCUT2D eigenvalue weighted by Gasteiger charge is -2.04. The van der Waals surface area contributed by atoms with Gasteiger partial charge >= 0.3 is 0 Å². The molecule has 0 aliphatic carbocycles. The number of nitrogens with zero attached hydrogens (tertiary/aromatic N) is 1. The molecule has 0 aliphatic heterocycles. The summed E-state index contributed by atoms with van der Waals surface area (Å²) in [4.78, 5) is 15.8. The van der Waals surface area contributed by atoms with Crippen LogP contribution in [0.5, 0.6) is 5.75 Å². The van der Waals surface area contributed by atoms with E-state index in [1.165, 1.54) is 5.56 Å². The van der Waals surface area contributed by atoms with E-state index in [9.17, 15) is 4.79 Å². The summed E-state index contributed by atoms with van der Waals surface area (Å²) in [6, 6.07) is 11.8. The number of rotatable bonds is 7. The molecular formula is C17H19NO2. The van der Waals surface area contributed by atoms with Gasteiger partial charge in [-0.1, -0.05) is 12.1 Å². The number of Topliss-reactive ketones (excluding diaryl/α,β-unsaturated/α-hetero) is 1. The Hall–Kier alpha value is -2.16. The van der Waals surface area contributed by atoms with E-state index in [0.29, 0.717) is 18.6 Å². The summed E-state index contributed by atoms with van der Waals surface area (Å²) in [7, 11) is 1.65. The molecule has 2 aromatic rings. The lowest BCUT2D eigenvalue weighted by Crippen LogP contribution is -2.02. The van der Waals surface area contributed by atoms with Crippen LogP contribution in [0, 0.1) is 0 Å². The van der Waals surface area contributed by atoms with Crippen LogP contribution in [0.25, 0.3) is 0 Å². The smallest absolute Gasteiger partial charge is 0.133 e. The highest BCUT2D eigenvalue weighted by Gasteiger charge is 2.04. The van der Waals surface area contributed by atoms with Crippen LogP contribution in [0.3, 0.4) is 0 Å². The van der Waals surface area contributed by atoms with E-state index in [1.54, 1.807) is 19.5 Å². The molecule has 0 aliphatic rings. The summed E-state index contributed by atoms with van der Waals surface area (Å²) in [5.74, 6) is 1.15. The Morgan fingerprint density at radius 3 is 2.05 bits per heavy atom. The van der Waals surface area contributed by atoms with E-state index in [4.69, 9.17) is 4.74 Å². The molecule has 0 atom stereocenters.